The van der Waals surface area contributed by atoms with Gasteiger partial charge < -0.3 is 9.80 Å². The molecule has 2 aromatic heterocycles. The average molecular weight is 553 g/mol. The predicted octanol–water partition coefficient (Wildman–Crippen LogP) is 4.98. The number of amides is 2. The highest BCUT2D eigenvalue weighted by molar-refractivity contribution is 5.98. The SMILES string of the molecule is O=C(c1ccc2ncc(-c3cnc4ccc(C(=O)N5CCC(F)(F)CC5)cc4n3)nc2c1)N1CCC(F)(F)CC1. The van der Waals surface area contributed by atoms with Gasteiger partial charge in [0.15, 0.2) is 0 Å². The van der Waals surface area contributed by atoms with Crippen LogP contribution in [0.4, 0.5) is 17.6 Å². The molecule has 0 N–H and O–H groups in total. The molecule has 4 heterocycles. The Labute approximate surface area is 226 Å². The van der Waals surface area contributed by atoms with Crippen LogP contribution in [-0.2, 0) is 0 Å². The molecule has 0 atom stereocenters. The first kappa shape index (κ1) is 26.0. The number of benzene rings is 2. The van der Waals surface area contributed by atoms with Crippen LogP contribution in [0.25, 0.3) is 33.5 Å². The van der Waals surface area contributed by atoms with E-state index in [0.29, 0.717) is 44.6 Å². The number of hydrogen-bond acceptors (Lipinski definition) is 6. The molecule has 2 amide bonds. The summed E-state index contributed by atoms with van der Waals surface area (Å²) in [5.41, 5.74) is 3.37. The number of rotatable bonds is 3. The quantitative estimate of drug-likeness (QED) is 0.333. The molecule has 0 aliphatic carbocycles. The van der Waals surface area contributed by atoms with Crippen molar-refractivity contribution in [2.24, 2.45) is 0 Å². The first-order chi connectivity index (χ1) is 19.1. The number of alkyl halides is 4. The summed E-state index contributed by atoms with van der Waals surface area (Å²) in [5.74, 6) is -6.18. The maximum atomic E-state index is 13.5. The zero-order valence-electron chi connectivity index (χ0n) is 21.3. The summed E-state index contributed by atoms with van der Waals surface area (Å²) in [4.78, 5) is 46.7. The average Bonchev–Trinajstić information content (AvgIpc) is 2.95. The third kappa shape index (κ3) is 5.17. The van der Waals surface area contributed by atoms with Crippen molar-refractivity contribution in [2.45, 2.75) is 37.5 Å². The van der Waals surface area contributed by atoms with Gasteiger partial charge in [-0.15, -0.1) is 0 Å². The Hall–Kier alpha value is -4.22. The molecular formula is C28H24F4N6O2. The molecule has 6 rings (SSSR count). The predicted molar refractivity (Wildman–Crippen MR) is 138 cm³/mol. The maximum Gasteiger partial charge on any atom is 0.253 e. The number of carbonyl (C=O) groups excluding carboxylic acids is 2. The molecule has 2 saturated heterocycles. The van der Waals surface area contributed by atoms with Crippen LogP contribution in [0.2, 0.25) is 0 Å². The number of carbonyl (C=O) groups is 2. The molecule has 0 spiro atoms. The minimum absolute atomic E-state index is 0.0169. The minimum Gasteiger partial charge on any atom is -0.338 e. The summed E-state index contributed by atoms with van der Waals surface area (Å²) in [6.07, 6.45) is 1.59. The molecule has 0 bridgehead atoms. The van der Waals surface area contributed by atoms with E-state index < -0.39 is 11.8 Å². The van der Waals surface area contributed by atoms with E-state index >= 15 is 0 Å². The van der Waals surface area contributed by atoms with Gasteiger partial charge in [-0.1, -0.05) is 0 Å². The van der Waals surface area contributed by atoms with Crippen molar-refractivity contribution in [1.29, 1.82) is 0 Å². The van der Waals surface area contributed by atoms with Crippen LogP contribution in [0.3, 0.4) is 0 Å². The third-order valence-corrected chi connectivity index (χ3v) is 7.41. The number of halogens is 4. The maximum absolute atomic E-state index is 13.5. The van der Waals surface area contributed by atoms with Crippen LogP contribution in [0.15, 0.2) is 48.8 Å². The Morgan fingerprint density at radius 3 is 1.35 bits per heavy atom. The Morgan fingerprint density at radius 1 is 0.600 bits per heavy atom. The van der Waals surface area contributed by atoms with Crippen molar-refractivity contribution in [1.82, 2.24) is 29.7 Å². The van der Waals surface area contributed by atoms with Gasteiger partial charge in [0.1, 0.15) is 11.4 Å². The number of nitrogens with zero attached hydrogens (tertiary/aromatic N) is 6. The van der Waals surface area contributed by atoms with E-state index in [1.165, 1.54) is 22.2 Å². The summed E-state index contributed by atoms with van der Waals surface area (Å²) in [5, 5.41) is 0. The molecule has 12 heteroatoms. The summed E-state index contributed by atoms with van der Waals surface area (Å²) in [6, 6.07) is 9.66. The third-order valence-electron chi connectivity index (χ3n) is 7.41. The van der Waals surface area contributed by atoms with E-state index in [1.807, 2.05) is 0 Å². The van der Waals surface area contributed by atoms with E-state index in [1.54, 1.807) is 36.4 Å². The van der Waals surface area contributed by atoms with Gasteiger partial charge in [0, 0.05) is 63.0 Å². The Balaban J connectivity index is 1.26. The second-order valence-electron chi connectivity index (χ2n) is 10.2. The molecule has 8 nitrogen and oxygen atoms in total. The number of piperidine rings is 2. The topological polar surface area (TPSA) is 92.2 Å². The Morgan fingerprint density at radius 2 is 0.975 bits per heavy atom. The first-order valence-electron chi connectivity index (χ1n) is 13.0. The molecule has 2 aliphatic rings. The minimum atomic E-state index is -2.75. The fraction of sp³-hybridized carbons (Fsp3) is 0.357. The molecule has 4 aromatic rings. The second kappa shape index (κ2) is 9.76. The van der Waals surface area contributed by atoms with Crippen LogP contribution < -0.4 is 0 Å². The van der Waals surface area contributed by atoms with Crippen LogP contribution in [-0.4, -0.2) is 79.6 Å². The lowest BCUT2D eigenvalue weighted by Crippen LogP contribution is -2.42. The van der Waals surface area contributed by atoms with E-state index in [4.69, 9.17) is 0 Å². The van der Waals surface area contributed by atoms with Crippen molar-refractivity contribution < 1.29 is 27.2 Å². The van der Waals surface area contributed by atoms with E-state index in [9.17, 15) is 27.2 Å². The molecule has 0 unspecified atom stereocenters. The Kier molecular flexibility index (Phi) is 6.35. The second-order valence-corrected chi connectivity index (χ2v) is 10.2. The number of aromatic nitrogens is 4. The van der Waals surface area contributed by atoms with Gasteiger partial charge in [0.05, 0.1) is 34.5 Å². The molecular weight excluding hydrogens is 528 g/mol. The van der Waals surface area contributed by atoms with Crippen LogP contribution in [0.5, 0.6) is 0 Å². The summed E-state index contributed by atoms with van der Waals surface area (Å²) in [6.45, 7) is -0.0675. The van der Waals surface area contributed by atoms with Gasteiger partial charge in [0.2, 0.25) is 0 Å². The number of likely N-dealkylation sites (tertiary alicyclic amines) is 2. The molecule has 2 fully saturated rings. The van der Waals surface area contributed by atoms with Gasteiger partial charge in [-0.25, -0.2) is 27.5 Å². The standard InChI is InChI=1S/C28H24F4N6O2/c29-27(30)5-9-37(10-6-27)25(39)17-1-3-19-21(13-17)35-23(15-33-19)24-16-34-20-4-2-18(14-22(20)36-24)26(40)38-11-7-28(31,32)8-12-38/h1-4,13-16H,5-12H2. The lowest BCUT2D eigenvalue weighted by Gasteiger charge is -2.31. The van der Waals surface area contributed by atoms with Gasteiger partial charge in [-0.2, -0.15) is 0 Å². The van der Waals surface area contributed by atoms with Gasteiger partial charge >= 0.3 is 0 Å². The van der Waals surface area contributed by atoms with E-state index in [0.717, 1.165) is 0 Å². The highest BCUT2D eigenvalue weighted by atomic mass is 19.3. The van der Waals surface area contributed by atoms with Crippen molar-refractivity contribution in [3.63, 3.8) is 0 Å². The molecule has 206 valence electrons. The highest BCUT2D eigenvalue weighted by Crippen LogP contribution is 2.30. The van der Waals surface area contributed by atoms with Crippen molar-refractivity contribution in [3.05, 3.63) is 59.9 Å². The molecule has 0 saturated carbocycles. The number of fused-ring (bicyclic) bond motifs is 2. The first-order valence-corrected chi connectivity index (χ1v) is 13.0. The van der Waals surface area contributed by atoms with Gasteiger partial charge in [-0.05, 0) is 36.4 Å². The highest BCUT2D eigenvalue weighted by Gasteiger charge is 2.37. The summed E-state index contributed by atoms with van der Waals surface area (Å²) in [7, 11) is 0. The van der Waals surface area contributed by atoms with Crippen molar-refractivity contribution in [2.75, 3.05) is 26.2 Å². The molecule has 2 aromatic carbocycles. The number of hydrogen-bond donors (Lipinski definition) is 0. The Bertz CT molecular complexity index is 1510. The lowest BCUT2D eigenvalue weighted by atomic mass is 10.1. The van der Waals surface area contributed by atoms with Crippen LogP contribution in [0.1, 0.15) is 46.4 Å². The van der Waals surface area contributed by atoms with Gasteiger partial charge in [0.25, 0.3) is 23.7 Å². The van der Waals surface area contributed by atoms with E-state index in [2.05, 4.69) is 19.9 Å². The lowest BCUT2D eigenvalue weighted by molar-refractivity contribution is -0.0503. The molecule has 2 aliphatic heterocycles. The largest absolute Gasteiger partial charge is 0.338 e. The fourth-order valence-corrected chi connectivity index (χ4v) is 4.97. The summed E-state index contributed by atoms with van der Waals surface area (Å²) >= 11 is 0. The fourth-order valence-electron chi connectivity index (χ4n) is 4.97. The zero-order valence-corrected chi connectivity index (χ0v) is 21.3. The van der Waals surface area contributed by atoms with Crippen LogP contribution >= 0.6 is 0 Å². The zero-order chi connectivity index (χ0) is 28.1. The normalized spacial score (nSPS) is 18.7. The van der Waals surface area contributed by atoms with Crippen molar-refractivity contribution in [3.8, 4) is 11.4 Å². The van der Waals surface area contributed by atoms with E-state index in [-0.39, 0.29) is 63.7 Å². The molecule has 0 radical (unpaired) electrons. The summed E-state index contributed by atoms with van der Waals surface area (Å²) < 4.78 is 54.1. The molecule has 40 heavy (non-hydrogen) atoms. The van der Waals surface area contributed by atoms with Crippen LogP contribution in [0, 0.1) is 0 Å². The van der Waals surface area contributed by atoms with Gasteiger partial charge in [-0.3, -0.25) is 19.6 Å². The monoisotopic (exact) mass is 552 g/mol. The van der Waals surface area contributed by atoms with Crippen molar-refractivity contribution >= 4 is 33.9 Å². The smallest absolute Gasteiger partial charge is 0.253 e.